The molecule has 1 aliphatic rings. The zero-order chi connectivity index (χ0) is 21.8. The molecule has 0 aromatic heterocycles. The number of nitrogens with one attached hydrogen (secondary N) is 1. The van der Waals surface area contributed by atoms with Crippen molar-refractivity contribution >= 4 is 17.3 Å². The molecule has 0 saturated carbocycles. The third-order valence-electron chi connectivity index (χ3n) is 5.80. The molecule has 4 rings (SSSR count). The van der Waals surface area contributed by atoms with E-state index in [9.17, 15) is 14.4 Å². The lowest BCUT2D eigenvalue weighted by atomic mass is 9.95. The Balaban J connectivity index is 1.63. The summed E-state index contributed by atoms with van der Waals surface area (Å²) in [6, 6.07) is 19.4. The number of benzene rings is 2. The van der Waals surface area contributed by atoms with E-state index in [0.717, 1.165) is 24.0 Å². The van der Waals surface area contributed by atoms with Gasteiger partial charge in [-0.1, -0.05) is 60.7 Å². The summed E-state index contributed by atoms with van der Waals surface area (Å²) in [5, 5.41) is 3.33. The number of piperidine rings is 1. The quantitative estimate of drug-likeness (QED) is 0.469. The summed E-state index contributed by atoms with van der Waals surface area (Å²) in [4.78, 5) is 39.1. The molecule has 1 atom stereocenters. The second-order valence-electron chi connectivity index (χ2n) is 7.82. The number of ether oxygens (including phenoxy) is 1. The van der Waals surface area contributed by atoms with E-state index in [2.05, 4.69) is 5.32 Å². The van der Waals surface area contributed by atoms with Crippen LogP contribution >= 0.6 is 0 Å². The molecule has 31 heavy (non-hydrogen) atoms. The highest BCUT2D eigenvalue weighted by Gasteiger charge is 2.34. The van der Waals surface area contributed by atoms with Crippen molar-refractivity contribution in [1.82, 2.24) is 0 Å². The highest BCUT2D eigenvalue weighted by molar-refractivity contribution is 5.78. The maximum atomic E-state index is 12.5. The predicted molar refractivity (Wildman–Crippen MR) is 121 cm³/mol. The van der Waals surface area contributed by atoms with Gasteiger partial charge in [0.25, 0.3) is 10.9 Å². The fourth-order valence-corrected chi connectivity index (χ4v) is 4.24. The van der Waals surface area contributed by atoms with E-state index in [4.69, 9.17) is 4.74 Å². The number of hydrogen-bond acceptors (Lipinski definition) is 6. The summed E-state index contributed by atoms with van der Waals surface area (Å²) in [6.07, 6.45) is 1.49. The SMILES string of the molecule is CCOC(=O)[C@@H]1CCCN(c2c(NC(c3ccccc3)c3ccccc3)c(=O)c2=O)C1. The molecule has 6 nitrogen and oxygen atoms in total. The minimum Gasteiger partial charge on any atom is -0.466 e. The van der Waals surface area contributed by atoms with Crippen LogP contribution in [0.3, 0.4) is 0 Å². The number of carbonyl (C=O) groups excluding carboxylic acids is 1. The molecular weight excluding hydrogens is 392 g/mol. The summed E-state index contributed by atoms with van der Waals surface area (Å²) in [5.41, 5.74) is 1.70. The largest absolute Gasteiger partial charge is 0.466 e. The molecule has 1 aliphatic heterocycles. The molecule has 0 amide bonds. The van der Waals surface area contributed by atoms with Gasteiger partial charge in [-0.25, -0.2) is 0 Å². The van der Waals surface area contributed by atoms with Crippen molar-refractivity contribution in [1.29, 1.82) is 0 Å². The molecule has 1 N–H and O–H groups in total. The summed E-state index contributed by atoms with van der Waals surface area (Å²) in [5.74, 6) is -0.531. The van der Waals surface area contributed by atoms with Crippen LogP contribution in [0.4, 0.5) is 11.4 Å². The van der Waals surface area contributed by atoms with Crippen LogP contribution in [0.1, 0.15) is 36.9 Å². The van der Waals surface area contributed by atoms with Crippen LogP contribution in [-0.4, -0.2) is 25.7 Å². The first-order chi connectivity index (χ1) is 15.1. The number of anilines is 2. The van der Waals surface area contributed by atoms with Crippen molar-refractivity contribution in [2.45, 2.75) is 25.8 Å². The Morgan fingerprint density at radius 3 is 2.23 bits per heavy atom. The number of esters is 1. The van der Waals surface area contributed by atoms with Crippen LogP contribution in [0.5, 0.6) is 0 Å². The minimum absolute atomic E-state index is 0.244. The lowest BCUT2D eigenvalue weighted by molar-refractivity contribution is -0.148. The van der Waals surface area contributed by atoms with Crippen LogP contribution in [0.2, 0.25) is 0 Å². The first-order valence-corrected chi connectivity index (χ1v) is 10.7. The van der Waals surface area contributed by atoms with E-state index < -0.39 is 10.9 Å². The lowest BCUT2D eigenvalue weighted by Gasteiger charge is -2.35. The molecule has 160 valence electrons. The fourth-order valence-electron chi connectivity index (χ4n) is 4.24. The van der Waals surface area contributed by atoms with E-state index in [1.54, 1.807) is 6.92 Å². The van der Waals surface area contributed by atoms with Gasteiger partial charge >= 0.3 is 5.97 Å². The van der Waals surface area contributed by atoms with Gasteiger partial charge in [-0.15, -0.1) is 0 Å². The Kier molecular flexibility index (Phi) is 6.16. The predicted octanol–water partition coefficient (Wildman–Crippen LogP) is 3.26. The van der Waals surface area contributed by atoms with E-state index in [1.807, 2.05) is 65.6 Å². The van der Waals surface area contributed by atoms with Crippen molar-refractivity contribution in [2.24, 2.45) is 5.92 Å². The van der Waals surface area contributed by atoms with Gasteiger partial charge in [-0.2, -0.15) is 0 Å². The van der Waals surface area contributed by atoms with Gasteiger partial charge in [0, 0.05) is 13.1 Å². The summed E-state index contributed by atoms with van der Waals surface area (Å²) >= 11 is 0. The van der Waals surface area contributed by atoms with Gasteiger partial charge in [0.15, 0.2) is 0 Å². The van der Waals surface area contributed by atoms with Crippen LogP contribution in [0.25, 0.3) is 0 Å². The van der Waals surface area contributed by atoms with Crippen LogP contribution in [-0.2, 0) is 9.53 Å². The fraction of sp³-hybridized carbons (Fsp3) is 0.320. The minimum atomic E-state index is -0.509. The maximum Gasteiger partial charge on any atom is 0.310 e. The third-order valence-corrected chi connectivity index (χ3v) is 5.80. The van der Waals surface area contributed by atoms with Crippen LogP contribution in [0.15, 0.2) is 70.3 Å². The summed E-state index contributed by atoms with van der Waals surface area (Å²) in [6.45, 7) is 3.14. The Labute approximate surface area is 181 Å². The normalized spacial score (nSPS) is 16.5. The second-order valence-corrected chi connectivity index (χ2v) is 7.82. The standard InChI is InChI=1S/C25H26N2O4/c1-2-31-25(30)19-14-9-15-27(16-19)22-21(23(28)24(22)29)26-20(17-10-5-3-6-11-17)18-12-7-4-8-13-18/h3-8,10-13,19-20,26H,2,9,14-16H2,1H3/t19-/m1/s1. The van der Waals surface area contributed by atoms with Crippen LogP contribution < -0.4 is 21.1 Å². The molecule has 6 heteroatoms. The molecule has 1 saturated heterocycles. The van der Waals surface area contributed by atoms with E-state index in [1.165, 1.54) is 0 Å². The van der Waals surface area contributed by atoms with E-state index >= 15 is 0 Å². The topological polar surface area (TPSA) is 75.7 Å². The van der Waals surface area contributed by atoms with Gasteiger partial charge in [-0.3, -0.25) is 14.4 Å². The molecule has 0 spiro atoms. The molecule has 0 bridgehead atoms. The Hall–Kier alpha value is -3.41. The number of hydrogen-bond donors (Lipinski definition) is 1. The van der Waals surface area contributed by atoms with Crippen molar-refractivity contribution in [3.05, 3.63) is 92.2 Å². The molecular formula is C25H26N2O4. The molecule has 0 aliphatic carbocycles. The average molecular weight is 418 g/mol. The van der Waals surface area contributed by atoms with Gasteiger partial charge < -0.3 is 15.0 Å². The monoisotopic (exact) mass is 418 g/mol. The molecule has 1 fully saturated rings. The first-order valence-electron chi connectivity index (χ1n) is 10.7. The van der Waals surface area contributed by atoms with E-state index in [0.29, 0.717) is 31.1 Å². The zero-order valence-corrected chi connectivity index (χ0v) is 17.5. The van der Waals surface area contributed by atoms with Gasteiger partial charge in [0.2, 0.25) is 0 Å². The summed E-state index contributed by atoms with van der Waals surface area (Å²) < 4.78 is 5.17. The maximum absolute atomic E-state index is 12.5. The van der Waals surface area contributed by atoms with Gasteiger partial charge in [0.1, 0.15) is 11.4 Å². The Morgan fingerprint density at radius 2 is 1.65 bits per heavy atom. The first kappa shape index (κ1) is 20.8. The molecule has 0 radical (unpaired) electrons. The average Bonchev–Trinajstić information content (AvgIpc) is 2.82. The second kappa shape index (κ2) is 9.16. The van der Waals surface area contributed by atoms with Crippen LogP contribution in [0, 0.1) is 5.92 Å². The van der Waals surface area contributed by atoms with E-state index in [-0.39, 0.29) is 17.9 Å². The Bertz CT molecular complexity index is 1060. The van der Waals surface area contributed by atoms with Crippen molar-refractivity contribution in [3.8, 4) is 0 Å². The smallest absolute Gasteiger partial charge is 0.310 e. The number of rotatable bonds is 7. The molecule has 3 aromatic rings. The van der Waals surface area contributed by atoms with Crippen molar-refractivity contribution < 1.29 is 9.53 Å². The highest BCUT2D eigenvalue weighted by Crippen LogP contribution is 2.32. The third kappa shape index (κ3) is 4.24. The van der Waals surface area contributed by atoms with Crippen molar-refractivity contribution in [2.75, 3.05) is 29.9 Å². The number of carbonyl (C=O) groups is 1. The summed E-state index contributed by atoms with van der Waals surface area (Å²) in [7, 11) is 0. The zero-order valence-electron chi connectivity index (χ0n) is 17.5. The Morgan fingerprint density at radius 1 is 1.03 bits per heavy atom. The lowest BCUT2D eigenvalue weighted by Crippen LogP contribution is -2.48. The highest BCUT2D eigenvalue weighted by atomic mass is 16.5. The molecule has 0 unspecified atom stereocenters. The van der Waals surface area contributed by atoms with Gasteiger partial charge in [-0.05, 0) is 30.9 Å². The number of nitrogens with zero attached hydrogens (tertiary/aromatic N) is 1. The molecule has 3 aromatic carbocycles. The molecule has 1 heterocycles. The van der Waals surface area contributed by atoms with Gasteiger partial charge in [0.05, 0.1) is 18.6 Å². The van der Waals surface area contributed by atoms with Crippen molar-refractivity contribution in [3.63, 3.8) is 0 Å².